The van der Waals surface area contributed by atoms with Crippen molar-refractivity contribution in [1.29, 1.82) is 0 Å². The lowest BCUT2D eigenvalue weighted by molar-refractivity contribution is -0.119. The minimum atomic E-state index is -0.561. The van der Waals surface area contributed by atoms with Crippen LogP contribution in [0, 0.1) is 32.6 Å². The molecule has 4 rings (SSSR count). The molecule has 0 aliphatic heterocycles. The highest BCUT2D eigenvalue weighted by Crippen LogP contribution is 2.55. The Balaban J connectivity index is 1.57. The molecule has 2 aromatic rings. The van der Waals surface area contributed by atoms with Gasteiger partial charge in [-0.25, -0.2) is 9.97 Å². The molecule has 2 aliphatic carbocycles. The highest BCUT2D eigenvalue weighted by molar-refractivity contribution is 7.10. The molecule has 0 aromatic carbocycles. The molecule has 1 unspecified atom stereocenters. The molecule has 6 nitrogen and oxygen atoms in total. The van der Waals surface area contributed by atoms with Gasteiger partial charge >= 0.3 is 0 Å². The second-order valence-corrected chi connectivity index (χ2v) is 7.96. The number of nitrogens with zero attached hydrogens (tertiary/aromatic N) is 3. The number of nitrogens with one attached hydrogen (secondary N) is 1. The normalized spacial score (nSPS) is 26.0. The fourth-order valence-electron chi connectivity index (χ4n) is 3.62. The molecule has 1 fully saturated rings. The summed E-state index contributed by atoms with van der Waals surface area (Å²) in [5.74, 6) is 1.25. The average molecular weight is 382 g/mol. The Morgan fingerprint density at radius 1 is 1.33 bits per heavy atom. The third-order valence-electron chi connectivity index (χ3n) is 5.11. The van der Waals surface area contributed by atoms with Crippen molar-refractivity contribution in [2.45, 2.75) is 39.2 Å². The molecular formula is C20H22N4O2S. The molecule has 2 aliphatic rings. The molecule has 0 radical (unpaired) electrons. The second kappa shape index (κ2) is 6.88. The van der Waals surface area contributed by atoms with Gasteiger partial charge in [0.15, 0.2) is 5.75 Å². The number of hydrogen-bond acceptors (Lipinski definition) is 6. The smallest absolute Gasteiger partial charge is 0.232 e. The molecule has 1 amide bonds. The molecule has 0 saturated heterocycles. The first-order valence-electron chi connectivity index (χ1n) is 9.05. The molecule has 0 spiro atoms. The van der Waals surface area contributed by atoms with Gasteiger partial charge in [0.1, 0.15) is 16.4 Å². The highest BCUT2D eigenvalue weighted by atomic mass is 32.1. The van der Waals surface area contributed by atoms with Crippen molar-refractivity contribution in [2.75, 3.05) is 5.32 Å². The number of aromatic nitrogens is 3. The van der Waals surface area contributed by atoms with Crippen LogP contribution in [0.2, 0.25) is 0 Å². The van der Waals surface area contributed by atoms with Gasteiger partial charge in [-0.15, -0.1) is 0 Å². The fraction of sp³-hybridized carbons (Fsp3) is 0.400. The molecule has 0 bridgehead atoms. The first-order valence-corrected chi connectivity index (χ1v) is 9.82. The molecule has 140 valence electrons. The summed E-state index contributed by atoms with van der Waals surface area (Å²) in [5.41, 5.74) is 1.14. The van der Waals surface area contributed by atoms with Crippen LogP contribution in [0.1, 0.15) is 30.1 Å². The van der Waals surface area contributed by atoms with Crippen LogP contribution >= 0.6 is 11.5 Å². The van der Waals surface area contributed by atoms with E-state index >= 15 is 0 Å². The molecular weight excluding hydrogens is 360 g/mol. The molecule has 1 saturated carbocycles. The number of carbonyl (C=O) groups excluding carboxylic acids is 1. The zero-order valence-corrected chi connectivity index (χ0v) is 16.4. The maximum absolute atomic E-state index is 12.9. The molecule has 1 N–H and O–H groups in total. The SMILES string of the molecule is Cc1cc(NC(=O)[C@@H]2C[C@@]2(Oc2cnc(C)nc2C)C2C=CC=CC2)sn1. The lowest BCUT2D eigenvalue weighted by Crippen LogP contribution is -2.35. The van der Waals surface area contributed by atoms with Crippen molar-refractivity contribution in [1.82, 2.24) is 14.3 Å². The van der Waals surface area contributed by atoms with Gasteiger partial charge in [-0.3, -0.25) is 4.79 Å². The van der Waals surface area contributed by atoms with E-state index in [2.05, 4.69) is 31.8 Å². The third-order valence-corrected chi connectivity index (χ3v) is 5.90. The van der Waals surface area contributed by atoms with E-state index in [1.165, 1.54) is 11.5 Å². The summed E-state index contributed by atoms with van der Waals surface area (Å²) >= 11 is 1.30. The molecule has 2 aromatic heterocycles. The Morgan fingerprint density at radius 3 is 2.85 bits per heavy atom. The summed E-state index contributed by atoms with van der Waals surface area (Å²) in [5, 5.41) is 3.76. The average Bonchev–Trinajstić information content (AvgIpc) is 3.25. The Kier molecular flexibility index (Phi) is 4.55. The van der Waals surface area contributed by atoms with Gasteiger partial charge in [0.05, 0.1) is 23.5 Å². The first-order chi connectivity index (χ1) is 13.0. The molecule has 27 heavy (non-hydrogen) atoms. The summed E-state index contributed by atoms with van der Waals surface area (Å²) in [7, 11) is 0. The van der Waals surface area contributed by atoms with E-state index in [1.807, 2.05) is 39.0 Å². The number of rotatable bonds is 5. The third kappa shape index (κ3) is 3.51. The van der Waals surface area contributed by atoms with Gasteiger partial charge in [0.2, 0.25) is 5.91 Å². The van der Waals surface area contributed by atoms with Crippen LogP contribution in [-0.2, 0) is 4.79 Å². The second-order valence-electron chi connectivity index (χ2n) is 7.16. The van der Waals surface area contributed by atoms with Gasteiger partial charge in [0.25, 0.3) is 0 Å². The van der Waals surface area contributed by atoms with Gasteiger partial charge in [-0.1, -0.05) is 24.3 Å². The lowest BCUT2D eigenvalue weighted by Gasteiger charge is -2.28. The summed E-state index contributed by atoms with van der Waals surface area (Å²) in [4.78, 5) is 21.5. The standard InChI is InChI=1S/C20H22N4O2S/c1-12-9-18(27-24-12)23-19(25)16-10-20(16,15-7-5-4-6-8-15)26-17-11-21-14(3)22-13(17)2/h4-7,9,11,15-16H,8,10H2,1-3H3,(H,23,25)/t15?,16-,20+/m0/s1. The number of ether oxygens (including phenoxy) is 1. The maximum Gasteiger partial charge on any atom is 0.232 e. The van der Waals surface area contributed by atoms with Crippen LogP contribution in [-0.4, -0.2) is 25.8 Å². The Hall–Kier alpha value is -2.54. The van der Waals surface area contributed by atoms with Crippen LogP contribution in [0.15, 0.2) is 36.6 Å². The predicted molar refractivity (Wildman–Crippen MR) is 105 cm³/mol. The Labute approximate surface area is 162 Å². The van der Waals surface area contributed by atoms with E-state index < -0.39 is 5.60 Å². The van der Waals surface area contributed by atoms with Crippen LogP contribution in [0.5, 0.6) is 5.75 Å². The monoisotopic (exact) mass is 382 g/mol. The Bertz CT molecular complexity index is 936. The predicted octanol–water partition coefficient (Wildman–Crippen LogP) is 3.77. The van der Waals surface area contributed by atoms with Crippen molar-refractivity contribution in [3.05, 3.63) is 53.8 Å². The minimum Gasteiger partial charge on any atom is -0.482 e. The number of allylic oxidation sites excluding steroid dienone is 3. The quantitative estimate of drug-likeness (QED) is 0.852. The number of amides is 1. The molecule has 2 heterocycles. The Morgan fingerprint density at radius 2 is 2.19 bits per heavy atom. The number of hydrogen-bond donors (Lipinski definition) is 1. The van der Waals surface area contributed by atoms with E-state index in [4.69, 9.17) is 4.74 Å². The van der Waals surface area contributed by atoms with Crippen molar-refractivity contribution < 1.29 is 9.53 Å². The number of anilines is 1. The van der Waals surface area contributed by atoms with Gasteiger partial charge < -0.3 is 10.1 Å². The largest absolute Gasteiger partial charge is 0.482 e. The minimum absolute atomic E-state index is 0.0210. The van der Waals surface area contributed by atoms with Gasteiger partial charge in [0, 0.05) is 12.3 Å². The van der Waals surface area contributed by atoms with Crippen molar-refractivity contribution >= 4 is 22.4 Å². The lowest BCUT2D eigenvalue weighted by atomic mass is 9.90. The summed E-state index contributed by atoms with van der Waals surface area (Å²) in [6.07, 6.45) is 11.5. The highest BCUT2D eigenvalue weighted by Gasteiger charge is 2.64. The van der Waals surface area contributed by atoms with E-state index in [1.54, 1.807) is 6.20 Å². The van der Waals surface area contributed by atoms with Crippen molar-refractivity contribution in [2.24, 2.45) is 11.8 Å². The van der Waals surface area contributed by atoms with Gasteiger partial charge in [-0.2, -0.15) is 4.37 Å². The van der Waals surface area contributed by atoms with E-state index in [-0.39, 0.29) is 17.7 Å². The summed E-state index contributed by atoms with van der Waals surface area (Å²) in [6.45, 7) is 5.67. The van der Waals surface area contributed by atoms with Crippen LogP contribution in [0.25, 0.3) is 0 Å². The topological polar surface area (TPSA) is 77.0 Å². The van der Waals surface area contributed by atoms with Crippen LogP contribution in [0.3, 0.4) is 0 Å². The molecule has 3 atom stereocenters. The number of carbonyl (C=O) groups is 1. The maximum atomic E-state index is 12.9. The molecule has 7 heteroatoms. The number of aryl methyl sites for hydroxylation is 3. The summed E-state index contributed by atoms with van der Waals surface area (Å²) < 4.78 is 10.7. The van der Waals surface area contributed by atoms with E-state index in [0.29, 0.717) is 18.0 Å². The van der Waals surface area contributed by atoms with E-state index in [9.17, 15) is 4.79 Å². The van der Waals surface area contributed by atoms with Crippen molar-refractivity contribution in [3.8, 4) is 5.75 Å². The van der Waals surface area contributed by atoms with Crippen molar-refractivity contribution in [3.63, 3.8) is 0 Å². The fourth-order valence-corrected chi connectivity index (χ4v) is 4.29. The van der Waals surface area contributed by atoms with Gasteiger partial charge in [-0.05, 0) is 44.8 Å². The zero-order valence-electron chi connectivity index (χ0n) is 15.6. The van der Waals surface area contributed by atoms with E-state index in [0.717, 1.165) is 22.8 Å². The van der Waals surface area contributed by atoms with Crippen LogP contribution < -0.4 is 10.1 Å². The zero-order chi connectivity index (χ0) is 19.0. The van der Waals surface area contributed by atoms with Crippen LogP contribution in [0.4, 0.5) is 5.00 Å². The first kappa shape index (κ1) is 17.9. The summed E-state index contributed by atoms with van der Waals surface area (Å²) in [6, 6.07) is 1.88.